The first-order valence-electron chi connectivity index (χ1n) is 7.52. The summed E-state index contributed by atoms with van der Waals surface area (Å²) in [6.45, 7) is 3.23. The summed E-state index contributed by atoms with van der Waals surface area (Å²) >= 11 is 2.91. The van der Waals surface area contributed by atoms with E-state index in [1.54, 1.807) is 37.3 Å². The molecule has 2 heterocycles. The molecule has 0 saturated carbocycles. The fraction of sp³-hybridized carbons (Fsp3) is 0.176. The van der Waals surface area contributed by atoms with Crippen LogP contribution in [0.25, 0.3) is 10.6 Å². The second-order valence-corrected chi connectivity index (χ2v) is 9.90. The number of nitrogens with zero attached hydrogens (tertiary/aromatic N) is 1. The molecule has 8 heteroatoms. The molecule has 0 fully saturated rings. The number of amides is 1. The van der Waals surface area contributed by atoms with E-state index in [1.807, 2.05) is 22.9 Å². The Kier molecular flexibility index (Phi) is 5.03. The Morgan fingerprint density at radius 2 is 1.96 bits per heavy atom. The largest absolute Gasteiger partial charge is 0.298 e. The summed E-state index contributed by atoms with van der Waals surface area (Å²) in [4.78, 5) is 18.0. The number of aromatic nitrogens is 1. The Bertz CT molecular complexity index is 990. The smallest absolute Gasteiger partial charge is 0.257 e. The second-order valence-electron chi connectivity index (χ2n) is 5.59. The molecule has 130 valence electrons. The molecule has 0 aliphatic heterocycles. The van der Waals surface area contributed by atoms with Crippen molar-refractivity contribution < 1.29 is 13.2 Å². The minimum Gasteiger partial charge on any atom is -0.298 e. The van der Waals surface area contributed by atoms with Crippen molar-refractivity contribution in [1.29, 1.82) is 0 Å². The quantitative estimate of drug-likeness (QED) is 0.702. The first-order chi connectivity index (χ1) is 11.9. The van der Waals surface area contributed by atoms with Crippen LogP contribution >= 0.6 is 22.7 Å². The molecule has 3 aromatic rings. The van der Waals surface area contributed by atoms with Gasteiger partial charge < -0.3 is 0 Å². The molecule has 0 bridgehead atoms. The second kappa shape index (κ2) is 7.07. The maximum absolute atomic E-state index is 12.4. The predicted octanol–water partition coefficient (Wildman–Crippen LogP) is 4.31. The number of thiazole rings is 1. The first kappa shape index (κ1) is 17.8. The van der Waals surface area contributed by atoms with E-state index in [2.05, 4.69) is 10.3 Å². The number of sulfone groups is 1. The third kappa shape index (κ3) is 3.81. The van der Waals surface area contributed by atoms with Crippen molar-refractivity contribution >= 4 is 43.5 Å². The first-order valence-corrected chi connectivity index (χ1v) is 10.8. The lowest BCUT2D eigenvalue weighted by atomic mass is 10.2. The third-order valence-electron chi connectivity index (χ3n) is 3.54. The average Bonchev–Trinajstić information content (AvgIpc) is 3.26. The highest BCUT2D eigenvalue weighted by Gasteiger charge is 2.20. The van der Waals surface area contributed by atoms with Gasteiger partial charge in [-0.2, -0.15) is 0 Å². The van der Waals surface area contributed by atoms with E-state index in [0.29, 0.717) is 5.13 Å². The Hall–Kier alpha value is -2.03. The molecule has 0 spiro atoms. The number of hydrogen-bond acceptors (Lipinski definition) is 6. The Morgan fingerprint density at radius 1 is 1.16 bits per heavy atom. The van der Waals surface area contributed by atoms with E-state index in [9.17, 15) is 13.2 Å². The van der Waals surface area contributed by atoms with Gasteiger partial charge in [-0.3, -0.25) is 10.1 Å². The van der Waals surface area contributed by atoms with Gasteiger partial charge in [0.2, 0.25) is 0 Å². The summed E-state index contributed by atoms with van der Waals surface area (Å²) in [7, 11) is -3.42. The summed E-state index contributed by atoms with van der Waals surface area (Å²) in [6.07, 6.45) is 0. The number of anilines is 1. The Labute approximate surface area is 154 Å². The van der Waals surface area contributed by atoms with Crippen molar-refractivity contribution in [3.05, 3.63) is 52.7 Å². The molecule has 0 radical (unpaired) electrons. The van der Waals surface area contributed by atoms with E-state index in [4.69, 9.17) is 0 Å². The molecular weight excluding hydrogens is 376 g/mol. The minimum atomic E-state index is -3.42. The van der Waals surface area contributed by atoms with Crippen LogP contribution in [0.15, 0.2) is 52.1 Å². The number of carbonyl (C=O) groups excluding carboxylic acids is 1. The zero-order valence-corrected chi connectivity index (χ0v) is 16.0. The normalized spacial score (nSPS) is 11.6. The zero-order chi connectivity index (χ0) is 18.0. The number of hydrogen-bond donors (Lipinski definition) is 1. The van der Waals surface area contributed by atoms with E-state index in [-0.39, 0.29) is 16.4 Å². The number of benzene rings is 1. The van der Waals surface area contributed by atoms with Gasteiger partial charge in [-0.25, -0.2) is 13.4 Å². The van der Waals surface area contributed by atoms with Gasteiger partial charge in [0, 0.05) is 10.9 Å². The van der Waals surface area contributed by atoms with E-state index < -0.39 is 15.1 Å². The molecule has 3 rings (SSSR count). The van der Waals surface area contributed by atoms with Crippen molar-refractivity contribution in [2.75, 3.05) is 5.32 Å². The maximum Gasteiger partial charge on any atom is 0.257 e. The summed E-state index contributed by atoms with van der Waals surface area (Å²) in [5.41, 5.74) is 1.10. The molecule has 1 aromatic carbocycles. The van der Waals surface area contributed by atoms with Crippen LogP contribution < -0.4 is 5.32 Å². The fourth-order valence-electron chi connectivity index (χ4n) is 2.12. The number of carbonyl (C=O) groups is 1. The number of rotatable bonds is 5. The SMILES string of the molecule is CC(C)S(=O)(=O)c1cccc(C(=O)Nc2nc(-c3cccs3)cs2)c1. The molecule has 1 N–H and O–H groups in total. The lowest BCUT2D eigenvalue weighted by Gasteiger charge is -2.09. The van der Waals surface area contributed by atoms with Gasteiger partial charge in [0.1, 0.15) is 0 Å². The summed E-state index contributed by atoms with van der Waals surface area (Å²) in [6, 6.07) is 9.97. The zero-order valence-electron chi connectivity index (χ0n) is 13.6. The lowest BCUT2D eigenvalue weighted by molar-refractivity contribution is 0.102. The van der Waals surface area contributed by atoms with Crippen molar-refractivity contribution in [1.82, 2.24) is 4.98 Å². The van der Waals surface area contributed by atoms with E-state index >= 15 is 0 Å². The van der Waals surface area contributed by atoms with Gasteiger partial charge >= 0.3 is 0 Å². The van der Waals surface area contributed by atoms with Gasteiger partial charge in [-0.05, 0) is 43.5 Å². The van der Waals surface area contributed by atoms with Crippen molar-refractivity contribution in [2.24, 2.45) is 0 Å². The topological polar surface area (TPSA) is 76.1 Å². The standard InChI is InChI=1S/C17H16N2O3S3/c1-11(2)25(21,22)13-6-3-5-12(9-13)16(20)19-17-18-14(10-24-17)15-7-4-8-23-15/h3-11H,1-2H3,(H,18,19,20). The van der Waals surface area contributed by atoms with Crippen LogP contribution in [0.3, 0.4) is 0 Å². The van der Waals surface area contributed by atoms with Crippen LogP contribution in [-0.4, -0.2) is 24.6 Å². The van der Waals surface area contributed by atoms with Crippen molar-refractivity contribution in [3.8, 4) is 10.6 Å². The van der Waals surface area contributed by atoms with Crippen LogP contribution in [-0.2, 0) is 9.84 Å². The van der Waals surface area contributed by atoms with Crippen LogP contribution in [0.5, 0.6) is 0 Å². The number of thiophene rings is 1. The fourth-order valence-corrected chi connectivity index (χ4v) is 4.69. The lowest BCUT2D eigenvalue weighted by Crippen LogP contribution is -2.16. The molecule has 0 unspecified atom stereocenters. The molecule has 0 aliphatic carbocycles. The predicted molar refractivity (Wildman–Crippen MR) is 102 cm³/mol. The maximum atomic E-state index is 12.4. The molecular formula is C17H16N2O3S3. The minimum absolute atomic E-state index is 0.147. The van der Waals surface area contributed by atoms with E-state index in [0.717, 1.165) is 10.6 Å². The van der Waals surface area contributed by atoms with Crippen LogP contribution in [0.2, 0.25) is 0 Å². The van der Waals surface area contributed by atoms with Crippen molar-refractivity contribution in [3.63, 3.8) is 0 Å². The van der Waals surface area contributed by atoms with Crippen molar-refractivity contribution in [2.45, 2.75) is 24.0 Å². The van der Waals surface area contributed by atoms with Gasteiger partial charge in [0.05, 0.1) is 20.7 Å². The monoisotopic (exact) mass is 392 g/mol. The van der Waals surface area contributed by atoms with Gasteiger partial charge in [-0.1, -0.05) is 12.1 Å². The van der Waals surface area contributed by atoms with Gasteiger partial charge in [0.15, 0.2) is 15.0 Å². The van der Waals surface area contributed by atoms with Crippen LogP contribution in [0.4, 0.5) is 5.13 Å². The summed E-state index contributed by atoms with van der Waals surface area (Å²) in [5, 5.41) is 6.50. The molecule has 2 aromatic heterocycles. The highest BCUT2D eigenvalue weighted by Crippen LogP contribution is 2.28. The highest BCUT2D eigenvalue weighted by molar-refractivity contribution is 7.92. The van der Waals surface area contributed by atoms with Crippen LogP contribution in [0, 0.1) is 0 Å². The third-order valence-corrected chi connectivity index (χ3v) is 7.35. The summed E-state index contributed by atoms with van der Waals surface area (Å²) in [5.74, 6) is -0.382. The summed E-state index contributed by atoms with van der Waals surface area (Å²) < 4.78 is 24.5. The van der Waals surface area contributed by atoms with E-state index in [1.165, 1.54) is 23.5 Å². The average molecular weight is 393 g/mol. The molecule has 0 saturated heterocycles. The Morgan fingerprint density at radius 3 is 2.64 bits per heavy atom. The van der Waals surface area contributed by atoms with Gasteiger partial charge in [0.25, 0.3) is 5.91 Å². The van der Waals surface area contributed by atoms with Crippen LogP contribution in [0.1, 0.15) is 24.2 Å². The highest BCUT2D eigenvalue weighted by atomic mass is 32.2. The molecule has 0 aliphatic rings. The molecule has 1 amide bonds. The number of nitrogens with one attached hydrogen (secondary N) is 1. The Balaban J connectivity index is 1.80. The molecule has 5 nitrogen and oxygen atoms in total. The molecule has 25 heavy (non-hydrogen) atoms. The molecule has 0 atom stereocenters. The van der Waals surface area contributed by atoms with Gasteiger partial charge in [-0.15, -0.1) is 22.7 Å².